The van der Waals surface area contributed by atoms with Crippen LogP contribution in [0.1, 0.15) is 0 Å². The molecule has 16 heavy (non-hydrogen) atoms. The minimum absolute atomic E-state index is 0.847. The summed E-state index contributed by atoms with van der Waals surface area (Å²) in [5.74, 6) is 0. The molecule has 0 unspecified atom stereocenters. The Balaban J connectivity index is 2.18. The summed E-state index contributed by atoms with van der Waals surface area (Å²) in [4.78, 5) is 4.39. The van der Waals surface area contributed by atoms with Crippen molar-refractivity contribution in [3.05, 3.63) is 48.5 Å². The molecule has 78 valence electrons. The average Bonchev–Trinajstić information content (AvgIpc) is 2.69. The van der Waals surface area contributed by atoms with Crippen LogP contribution in [0.2, 0.25) is 0 Å². The molecule has 2 nitrogen and oxygen atoms in total. The summed E-state index contributed by atoms with van der Waals surface area (Å²) in [5, 5.41) is 0. The van der Waals surface area contributed by atoms with Gasteiger partial charge in [0, 0.05) is 0 Å². The fraction of sp³-hybridized carbons (Fsp3) is 0. The highest BCUT2D eigenvalue weighted by Gasteiger charge is 2.03. The van der Waals surface area contributed by atoms with Crippen molar-refractivity contribution in [3.8, 4) is 11.1 Å². The maximum Gasteiger partial charge on any atom is 0.156 e. The van der Waals surface area contributed by atoms with Crippen LogP contribution in [0.5, 0.6) is 0 Å². The summed E-state index contributed by atoms with van der Waals surface area (Å²) in [7, 11) is 0.853. The number of hydrogen-bond acceptors (Lipinski definition) is 2. The van der Waals surface area contributed by atoms with Gasteiger partial charge in [-0.1, -0.05) is 36.4 Å². The Morgan fingerprint density at radius 1 is 0.938 bits per heavy atom. The molecule has 0 atom stereocenters. The maximum atomic E-state index is 5.51. The van der Waals surface area contributed by atoms with Gasteiger partial charge in [0.25, 0.3) is 0 Å². The van der Waals surface area contributed by atoms with Crippen LogP contribution in [-0.4, -0.2) is 15.2 Å². The Kier molecular flexibility index (Phi) is 2.11. The van der Waals surface area contributed by atoms with E-state index in [1.54, 1.807) is 0 Å². The van der Waals surface area contributed by atoms with Crippen LogP contribution in [0, 0.1) is 0 Å². The number of oxazole rings is 1. The standard InChI is InChI=1S/C13H11NOSi/c16-13-14-11-8-10(6-7-12(11)15-13)9-4-2-1-3-5-9/h1-8H,16H3. The maximum absolute atomic E-state index is 5.51. The highest BCUT2D eigenvalue weighted by Crippen LogP contribution is 2.22. The second-order valence-corrected chi connectivity index (χ2v) is 4.64. The molecule has 3 heteroatoms. The predicted octanol–water partition coefficient (Wildman–Crippen LogP) is 1.49. The molecule has 0 N–H and O–H groups in total. The molecule has 2 aromatic carbocycles. The Morgan fingerprint density at radius 2 is 1.75 bits per heavy atom. The van der Waals surface area contributed by atoms with Gasteiger partial charge in [-0.2, -0.15) is 0 Å². The quantitative estimate of drug-likeness (QED) is 0.586. The van der Waals surface area contributed by atoms with Gasteiger partial charge in [0.2, 0.25) is 0 Å². The second kappa shape index (κ2) is 3.61. The summed E-state index contributed by atoms with van der Waals surface area (Å²) in [6.07, 6.45) is 0. The highest BCUT2D eigenvalue weighted by molar-refractivity contribution is 6.28. The molecule has 0 aliphatic rings. The molecule has 3 rings (SSSR count). The first-order chi connectivity index (χ1) is 7.83. The molecular formula is C13H11NOSi. The molecule has 1 aromatic heterocycles. The van der Waals surface area contributed by atoms with Crippen molar-refractivity contribution in [2.24, 2.45) is 0 Å². The van der Waals surface area contributed by atoms with Crippen LogP contribution in [0.4, 0.5) is 0 Å². The zero-order valence-corrected chi connectivity index (χ0v) is 11.0. The van der Waals surface area contributed by atoms with E-state index in [4.69, 9.17) is 4.42 Å². The first kappa shape index (κ1) is 9.36. The molecule has 3 aromatic rings. The molecule has 0 radical (unpaired) electrons. The lowest BCUT2D eigenvalue weighted by atomic mass is 10.1. The number of fused-ring (bicyclic) bond motifs is 1. The smallest absolute Gasteiger partial charge is 0.156 e. The van der Waals surface area contributed by atoms with Crippen molar-refractivity contribution in [3.63, 3.8) is 0 Å². The van der Waals surface area contributed by atoms with E-state index in [2.05, 4.69) is 29.2 Å². The van der Waals surface area contributed by atoms with E-state index in [1.807, 2.05) is 24.3 Å². The van der Waals surface area contributed by atoms with Crippen LogP contribution in [-0.2, 0) is 0 Å². The first-order valence-electron chi connectivity index (χ1n) is 5.25. The molecule has 1 heterocycles. The first-order valence-corrected chi connectivity index (χ1v) is 6.25. The average molecular weight is 225 g/mol. The van der Waals surface area contributed by atoms with Gasteiger partial charge in [0.15, 0.2) is 11.1 Å². The summed E-state index contributed by atoms with van der Waals surface area (Å²) >= 11 is 0. The highest BCUT2D eigenvalue weighted by atomic mass is 28.1. The lowest BCUT2D eigenvalue weighted by Crippen LogP contribution is -1.99. The molecule has 0 aliphatic heterocycles. The fourth-order valence-corrected chi connectivity index (χ4v) is 2.31. The van der Waals surface area contributed by atoms with Gasteiger partial charge in [0.05, 0.1) is 0 Å². The molecule has 0 saturated carbocycles. The van der Waals surface area contributed by atoms with Crippen molar-refractivity contribution in [2.45, 2.75) is 0 Å². The van der Waals surface area contributed by atoms with Gasteiger partial charge in [0.1, 0.15) is 15.8 Å². The summed E-state index contributed by atoms with van der Waals surface area (Å²) in [6, 6.07) is 16.5. The fourth-order valence-electron chi connectivity index (χ4n) is 1.85. The molecule has 0 fully saturated rings. The molecule has 0 bridgehead atoms. The van der Waals surface area contributed by atoms with Crippen molar-refractivity contribution in [1.82, 2.24) is 4.98 Å². The Hall–Kier alpha value is -1.87. The van der Waals surface area contributed by atoms with Gasteiger partial charge in [-0.25, -0.2) is 4.98 Å². The van der Waals surface area contributed by atoms with Crippen LogP contribution in [0.15, 0.2) is 52.9 Å². The van der Waals surface area contributed by atoms with Crippen LogP contribution in [0.3, 0.4) is 0 Å². The van der Waals surface area contributed by atoms with E-state index in [1.165, 1.54) is 11.1 Å². The molecule has 0 amide bonds. The van der Waals surface area contributed by atoms with Crippen molar-refractivity contribution < 1.29 is 4.42 Å². The summed E-state index contributed by atoms with van der Waals surface area (Å²) in [6.45, 7) is 0. The number of benzene rings is 2. The van der Waals surface area contributed by atoms with E-state index in [0.717, 1.165) is 26.9 Å². The lowest BCUT2D eigenvalue weighted by Gasteiger charge is -1.99. The summed E-state index contributed by atoms with van der Waals surface area (Å²) in [5.41, 5.74) is 5.07. The summed E-state index contributed by atoms with van der Waals surface area (Å²) < 4.78 is 5.51. The van der Waals surface area contributed by atoms with Crippen molar-refractivity contribution >= 4 is 26.9 Å². The Morgan fingerprint density at radius 3 is 2.56 bits per heavy atom. The third-order valence-corrected chi connectivity index (χ3v) is 3.03. The van der Waals surface area contributed by atoms with Crippen LogP contribution < -0.4 is 5.51 Å². The Bertz CT molecular complexity index is 631. The SMILES string of the molecule is [SiH3]c1nc2cc(-c3ccccc3)ccc2o1. The van der Waals surface area contributed by atoms with Gasteiger partial charge >= 0.3 is 0 Å². The van der Waals surface area contributed by atoms with Gasteiger partial charge in [-0.15, -0.1) is 0 Å². The molecule has 0 spiro atoms. The number of hydrogen-bond donors (Lipinski definition) is 0. The van der Waals surface area contributed by atoms with E-state index in [9.17, 15) is 0 Å². The minimum atomic E-state index is 0.847. The zero-order valence-electron chi connectivity index (χ0n) is 8.97. The lowest BCUT2D eigenvalue weighted by molar-refractivity contribution is 0.644. The van der Waals surface area contributed by atoms with E-state index < -0.39 is 0 Å². The van der Waals surface area contributed by atoms with E-state index in [0.29, 0.717) is 0 Å². The van der Waals surface area contributed by atoms with Gasteiger partial charge in [-0.05, 0) is 23.3 Å². The van der Waals surface area contributed by atoms with E-state index in [-0.39, 0.29) is 0 Å². The van der Waals surface area contributed by atoms with Crippen molar-refractivity contribution in [1.29, 1.82) is 0 Å². The van der Waals surface area contributed by atoms with Gasteiger partial charge in [-0.3, -0.25) is 0 Å². The topological polar surface area (TPSA) is 26.0 Å². The van der Waals surface area contributed by atoms with Gasteiger partial charge < -0.3 is 4.42 Å². The minimum Gasteiger partial charge on any atom is -0.447 e. The van der Waals surface area contributed by atoms with Crippen LogP contribution >= 0.6 is 0 Å². The Labute approximate surface area is 96.4 Å². The normalized spacial score (nSPS) is 11.0. The van der Waals surface area contributed by atoms with Crippen LogP contribution in [0.25, 0.3) is 22.2 Å². The molecular weight excluding hydrogens is 214 g/mol. The number of aromatic nitrogens is 1. The third kappa shape index (κ3) is 1.55. The van der Waals surface area contributed by atoms with E-state index >= 15 is 0 Å². The predicted molar refractivity (Wildman–Crippen MR) is 69.0 cm³/mol. The molecule has 0 saturated heterocycles. The van der Waals surface area contributed by atoms with Crippen molar-refractivity contribution in [2.75, 3.05) is 0 Å². The largest absolute Gasteiger partial charge is 0.447 e. The number of nitrogens with zero attached hydrogens (tertiary/aromatic N) is 1. The second-order valence-electron chi connectivity index (χ2n) is 3.78. The number of rotatable bonds is 1. The monoisotopic (exact) mass is 225 g/mol. The third-order valence-electron chi connectivity index (χ3n) is 2.60. The zero-order chi connectivity index (χ0) is 11.0. The molecule has 0 aliphatic carbocycles.